The van der Waals surface area contributed by atoms with Gasteiger partial charge in [0.05, 0.1) is 11.4 Å². The number of rotatable bonds is 1. The van der Waals surface area contributed by atoms with E-state index >= 15 is 0 Å². The zero-order valence-corrected chi connectivity index (χ0v) is 11.9. The topological polar surface area (TPSA) is 9.23 Å². The minimum Gasteiger partial charge on any atom is -1.00 e. The summed E-state index contributed by atoms with van der Waals surface area (Å²) < 4.78 is 30.4. The number of hydrogen-bond acceptors (Lipinski definition) is 1. The molecule has 0 bridgehead atoms. The Kier molecular flexibility index (Phi) is 7.77. The normalized spacial score (nSPS) is 9.93. The van der Waals surface area contributed by atoms with E-state index in [1.807, 2.05) is 20.8 Å². The van der Waals surface area contributed by atoms with E-state index in [4.69, 9.17) is 4.74 Å². The first-order chi connectivity index (χ1) is 5.88. The summed E-state index contributed by atoms with van der Waals surface area (Å²) in [6.45, 7) is 5.46. The maximum Gasteiger partial charge on any atom is 2.00 e. The van der Waals surface area contributed by atoms with E-state index in [-0.39, 0.29) is 45.8 Å². The zero-order chi connectivity index (χ0) is 10.1. The van der Waals surface area contributed by atoms with Gasteiger partial charge < -0.3 is 21.7 Å². The third-order valence-corrected chi connectivity index (χ3v) is 1.24. The van der Waals surface area contributed by atoms with E-state index in [2.05, 4.69) is 6.07 Å². The predicted molar refractivity (Wildman–Crippen MR) is 51.3 cm³/mol. The molecule has 0 atom stereocenters. The Morgan fingerprint density at radius 1 is 1.20 bits per heavy atom. The van der Waals surface area contributed by atoms with Crippen LogP contribution in [0, 0.1) is 17.7 Å². The molecule has 0 aromatic heterocycles. The average molecular weight is 289 g/mol. The molecule has 1 nitrogen and oxygen atoms in total. The molecule has 1 aromatic rings. The van der Waals surface area contributed by atoms with Gasteiger partial charge in [-0.25, -0.2) is 4.39 Å². The molecule has 0 fully saturated rings. The van der Waals surface area contributed by atoms with Crippen LogP contribution in [0.1, 0.15) is 20.8 Å². The first kappa shape index (κ1) is 17.5. The standard InChI is InChI=1S/C10H11F2O.BrH.Mg/c1-10(2,3)13-7-4-5-8(11)9(12)6-7;;/h5-6H,1-3H3;1H;/q-1;;+2/p-1. The molecule has 1 aromatic carbocycles. The molecule has 0 radical (unpaired) electrons. The molecule has 0 aliphatic carbocycles. The molecule has 1 rings (SSSR count). The van der Waals surface area contributed by atoms with Crippen LogP contribution >= 0.6 is 0 Å². The molecule has 0 saturated carbocycles. The van der Waals surface area contributed by atoms with Crippen molar-refractivity contribution in [3.05, 3.63) is 29.8 Å². The Morgan fingerprint density at radius 3 is 2.13 bits per heavy atom. The maximum atomic E-state index is 12.7. The van der Waals surface area contributed by atoms with Crippen molar-refractivity contribution in [2.75, 3.05) is 0 Å². The van der Waals surface area contributed by atoms with Crippen molar-refractivity contribution >= 4 is 23.1 Å². The summed E-state index contributed by atoms with van der Waals surface area (Å²) in [6, 6.07) is 4.41. The number of benzene rings is 1. The fourth-order valence-corrected chi connectivity index (χ4v) is 0.818. The first-order valence-corrected chi connectivity index (χ1v) is 3.94. The molecule has 0 aliphatic rings. The van der Waals surface area contributed by atoms with Gasteiger partial charge in [-0.2, -0.15) is 0 Å². The molecule has 0 saturated heterocycles. The number of ether oxygens (including phenoxy) is 1. The van der Waals surface area contributed by atoms with Crippen LogP contribution in [0.15, 0.2) is 12.1 Å². The second kappa shape index (κ2) is 6.65. The van der Waals surface area contributed by atoms with E-state index in [0.717, 1.165) is 12.1 Å². The third kappa shape index (κ3) is 6.32. The van der Waals surface area contributed by atoms with Gasteiger partial charge in [0.15, 0.2) is 0 Å². The molecule has 80 valence electrons. The van der Waals surface area contributed by atoms with Gasteiger partial charge in [0.2, 0.25) is 0 Å². The van der Waals surface area contributed by atoms with Crippen molar-refractivity contribution in [1.82, 2.24) is 0 Å². The van der Waals surface area contributed by atoms with E-state index in [1.165, 1.54) is 0 Å². The summed E-state index contributed by atoms with van der Waals surface area (Å²) in [4.78, 5) is 0. The van der Waals surface area contributed by atoms with Crippen LogP contribution in [0.25, 0.3) is 0 Å². The van der Waals surface area contributed by atoms with Crippen LogP contribution in [0.4, 0.5) is 8.78 Å². The number of halogens is 3. The Bertz CT molecular complexity index is 313. The Hall–Kier alpha value is 0.126. The third-order valence-electron chi connectivity index (χ3n) is 1.24. The van der Waals surface area contributed by atoms with Gasteiger partial charge in [-0.3, -0.25) is 4.39 Å². The first-order valence-electron chi connectivity index (χ1n) is 3.94. The number of hydrogen-bond donors (Lipinski definition) is 0. The van der Waals surface area contributed by atoms with E-state index < -0.39 is 17.2 Å². The van der Waals surface area contributed by atoms with Gasteiger partial charge in [0, 0.05) is 11.6 Å². The fourth-order valence-electron chi connectivity index (χ4n) is 0.818. The minimum absolute atomic E-state index is 0. The second-order valence-corrected chi connectivity index (χ2v) is 3.71. The molecule has 0 aliphatic heterocycles. The summed E-state index contributed by atoms with van der Waals surface area (Å²) in [5.41, 5.74) is -0.430. The predicted octanol–water partition coefficient (Wildman–Crippen LogP) is -0.435. The largest absolute Gasteiger partial charge is 2.00 e. The van der Waals surface area contributed by atoms with Gasteiger partial charge in [-0.1, -0.05) is 6.07 Å². The van der Waals surface area contributed by atoms with Gasteiger partial charge in [0.25, 0.3) is 0 Å². The van der Waals surface area contributed by atoms with Gasteiger partial charge in [-0.05, 0) is 20.8 Å². The summed E-state index contributed by atoms with van der Waals surface area (Å²) in [5, 5.41) is 0. The summed E-state index contributed by atoms with van der Waals surface area (Å²) in [6.07, 6.45) is 0. The van der Waals surface area contributed by atoms with Crippen LogP contribution < -0.4 is 21.7 Å². The fraction of sp³-hybridized carbons (Fsp3) is 0.400. The van der Waals surface area contributed by atoms with Gasteiger partial charge in [0.1, 0.15) is 0 Å². The Labute approximate surface area is 115 Å². The van der Waals surface area contributed by atoms with Crippen molar-refractivity contribution in [3.8, 4) is 5.75 Å². The van der Waals surface area contributed by atoms with Crippen LogP contribution in [0.3, 0.4) is 0 Å². The monoisotopic (exact) mass is 288 g/mol. The smallest absolute Gasteiger partial charge is 1.00 e. The zero-order valence-electron chi connectivity index (χ0n) is 8.90. The summed E-state index contributed by atoms with van der Waals surface area (Å²) in [5.74, 6) is -1.62. The Balaban J connectivity index is 0. The van der Waals surface area contributed by atoms with Gasteiger partial charge in [-0.15, -0.1) is 12.1 Å². The van der Waals surface area contributed by atoms with Crippen molar-refractivity contribution in [1.29, 1.82) is 0 Å². The van der Waals surface area contributed by atoms with E-state index in [0.29, 0.717) is 0 Å². The van der Waals surface area contributed by atoms with E-state index in [1.54, 1.807) is 0 Å². The van der Waals surface area contributed by atoms with Crippen molar-refractivity contribution in [2.45, 2.75) is 26.4 Å². The molecule has 15 heavy (non-hydrogen) atoms. The molecular weight excluding hydrogens is 278 g/mol. The molecular formula is C10H11BrF2MgO. The molecule has 0 amide bonds. The van der Waals surface area contributed by atoms with Crippen LogP contribution in [-0.4, -0.2) is 28.7 Å². The van der Waals surface area contributed by atoms with Gasteiger partial charge >= 0.3 is 23.1 Å². The minimum atomic E-state index is -0.919. The van der Waals surface area contributed by atoms with Crippen molar-refractivity contribution in [2.24, 2.45) is 0 Å². The quantitative estimate of drug-likeness (QED) is 0.503. The SMILES string of the molecule is CC(C)(C)Oc1[c-]cc(F)c(F)c1.[Br-].[Mg+2]. The maximum absolute atomic E-state index is 12.7. The molecule has 0 heterocycles. The second-order valence-electron chi connectivity index (χ2n) is 3.71. The van der Waals surface area contributed by atoms with E-state index in [9.17, 15) is 8.78 Å². The molecule has 0 N–H and O–H groups in total. The van der Waals surface area contributed by atoms with Crippen LogP contribution in [0.5, 0.6) is 5.75 Å². The van der Waals surface area contributed by atoms with Crippen LogP contribution in [-0.2, 0) is 0 Å². The van der Waals surface area contributed by atoms with Crippen molar-refractivity contribution < 1.29 is 30.5 Å². The Morgan fingerprint density at radius 2 is 1.73 bits per heavy atom. The molecule has 0 spiro atoms. The van der Waals surface area contributed by atoms with Crippen LogP contribution in [0.2, 0.25) is 0 Å². The molecule has 0 unspecified atom stereocenters. The average Bonchev–Trinajstić information content (AvgIpc) is 1.94. The summed E-state index contributed by atoms with van der Waals surface area (Å²) in [7, 11) is 0. The van der Waals surface area contributed by atoms with Crippen molar-refractivity contribution in [3.63, 3.8) is 0 Å². The summed E-state index contributed by atoms with van der Waals surface area (Å²) >= 11 is 0. The molecule has 5 heteroatoms.